The number of amides is 1. The molecule has 1 aliphatic heterocycles. The Morgan fingerprint density at radius 1 is 1.27 bits per heavy atom. The van der Waals surface area contributed by atoms with Gasteiger partial charge in [0.1, 0.15) is 5.75 Å². The fraction of sp³-hybridized carbons (Fsp3) is 0.263. The van der Waals surface area contributed by atoms with Crippen LogP contribution in [0.3, 0.4) is 0 Å². The van der Waals surface area contributed by atoms with Crippen molar-refractivity contribution in [1.29, 1.82) is 0 Å². The van der Waals surface area contributed by atoms with E-state index < -0.39 is 0 Å². The molecular formula is C19H19BrN2O4. The standard InChI is InChI=1S/C19H19BrN2O4/c1-13-4-6-16(15(20)9-13)24-8-2-3-19(23)22-21-11-14-5-7-17-18(10-14)26-12-25-17/h4-7,9-11H,2-3,8,12H2,1H3,(H,22,23)/b21-11+. The first-order valence-corrected chi connectivity index (χ1v) is 9.01. The third kappa shape index (κ3) is 4.98. The monoisotopic (exact) mass is 418 g/mol. The van der Waals surface area contributed by atoms with E-state index in [1.54, 1.807) is 6.21 Å². The Hall–Kier alpha value is -2.54. The first-order valence-electron chi connectivity index (χ1n) is 8.22. The van der Waals surface area contributed by atoms with E-state index >= 15 is 0 Å². The van der Waals surface area contributed by atoms with Crippen molar-refractivity contribution in [3.63, 3.8) is 0 Å². The highest BCUT2D eigenvalue weighted by Gasteiger charge is 2.12. The topological polar surface area (TPSA) is 69.2 Å². The molecule has 0 aliphatic carbocycles. The first-order chi connectivity index (χ1) is 12.6. The van der Waals surface area contributed by atoms with Crippen molar-refractivity contribution in [2.45, 2.75) is 19.8 Å². The molecule has 0 spiro atoms. The summed E-state index contributed by atoms with van der Waals surface area (Å²) in [5.41, 5.74) is 4.49. The number of benzene rings is 2. The van der Waals surface area contributed by atoms with Crippen LogP contribution in [0.5, 0.6) is 17.2 Å². The van der Waals surface area contributed by atoms with Gasteiger partial charge in [0.25, 0.3) is 0 Å². The van der Waals surface area contributed by atoms with E-state index in [2.05, 4.69) is 26.5 Å². The number of carbonyl (C=O) groups excluding carboxylic acids is 1. The second kappa shape index (κ2) is 8.71. The molecule has 3 rings (SSSR count). The molecule has 0 atom stereocenters. The van der Waals surface area contributed by atoms with Gasteiger partial charge in [-0.1, -0.05) is 6.07 Å². The quantitative estimate of drug-likeness (QED) is 0.421. The molecule has 1 heterocycles. The van der Waals surface area contributed by atoms with Crippen LogP contribution in [-0.2, 0) is 4.79 Å². The first kappa shape index (κ1) is 18.3. The maximum atomic E-state index is 11.8. The highest BCUT2D eigenvalue weighted by atomic mass is 79.9. The summed E-state index contributed by atoms with van der Waals surface area (Å²) in [5, 5.41) is 3.96. The summed E-state index contributed by atoms with van der Waals surface area (Å²) in [7, 11) is 0. The van der Waals surface area contributed by atoms with Gasteiger partial charge in [-0.3, -0.25) is 4.79 Å². The Balaban J connectivity index is 1.37. The zero-order valence-electron chi connectivity index (χ0n) is 14.3. The van der Waals surface area contributed by atoms with E-state index in [1.807, 2.05) is 43.3 Å². The highest BCUT2D eigenvalue weighted by Crippen LogP contribution is 2.32. The van der Waals surface area contributed by atoms with Gasteiger partial charge in [0.15, 0.2) is 11.5 Å². The minimum atomic E-state index is -0.159. The number of aryl methyl sites for hydroxylation is 1. The van der Waals surface area contributed by atoms with E-state index in [4.69, 9.17) is 14.2 Å². The summed E-state index contributed by atoms with van der Waals surface area (Å²) in [6.45, 7) is 2.71. The molecule has 2 aromatic rings. The molecule has 0 saturated heterocycles. The zero-order chi connectivity index (χ0) is 18.4. The van der Waals surface area contributed by atoms with Crippen molar-refractivity contribution in [3.8, 4) is 17.2 Å². The maximum Gasteiger partial charge on any atom is 0.240 e. The molecule has 0 aromatic heterocycles. The van der Waals surface area contributed by atoms with Gasteiger partial charge in [0.05, 0.1) is 17.3 Å². The Morgan fingerprint density at radius 3 is 2.96 bits per heavy atom. The second-order valence-corrected chi connectivity index (χ2v) is 6.65. The molecule has 6 nitrogen and oxygen atoms in total. The van der Waals surface area contributed by atoms with Gasteiger partial charge in [-0.15, -0.1) is 0 Å². The van der Waals surface area contributed by atoms with Crippen LogP contribution in [-0.4, -0.2) is 25.5 Å². The molecule has 136 valence electrons. The Kier molecular flexibility index (Phi) is 6.12. The van der Waals surface area contributed by atoms with Crippen LogP contribution < -0.4 is 19.6 Å². The van der Waals surface area contributed by atoms with Crippen molar-refractivity contribution in [3.05, 3.63) is 52.0 Å². The van der Waals surface area contributed by atoms with E-state index in [1.165, 1.54) is 0 Å². The second-order valence-electron chi connectivity index (χ2n) is 5.79. The lowest BCUT2D eigenvalue weighted by atomic mass is 10.2. The predicted molar refractivity (Wildman–Crippen MR) is 102 cm³/mol. The average Bonchev–Trinajstić information content (AvgIpc) is 3.08. The summed E-state index contributed by atoms with van der Waals surface area (Å²) >= 11 is 3.46. The van der Waals surface area contributed by atoms with Crippen LogP contribution in [0.1, 0.15) is 24.0 Å². The minimum Gasteiger partial charge on any atom is -0.492 e. The number of hydrogen-bond acceptors (Lipinski definition) is 5. The number of ether oxygens (including phenoxy) is 3. The van der Waals surface area contributed by atoms with Crippen molar-refractivity contribution in [1.82, 2.24) is 5.43 Å². The number of rotatable bonds is 7. The Bertz CT molecular complexity index is 823. The largest absolute Gasteiger partial charge is 0.492 e. The van der Waals surface area contributed by atoms with Gasteiger partial charge in [0.2, 0.25) is 12.7 Å². The van der Waals surface area contributed by atoms with Crippen molar-refractivity contribution >= 4 is 28.1 Å². The smallest absolute Gasteiger partial charge is 0.240 e. The molecule has 0 saturated carbocycles. The van der Waals surface area contributed by atoms with Gasteiger partial charge in [-0.2, -0.15) is 5.10 Å². The van der Waals surface area contributed by atoms with Gasteiger partial charge in [-0.25, -0.2) is 5.43 Å². The maximum absolute atomic E-state index is 11.8. The van der Waals surface area contributed by atoms with E-state index in [9.17, 15) is 4.79 Å². The van der Waals surface area contributed by atoms with Gasteiger partial charge in [0, 0.05) is 6.42 Å². The van der Waals surface area contributed by atoms with E-state index in [-0.39, 0.29) is 12.7 Å². The third-order valence-electron chi connectivity index (χ3n) is 3.69. The Labute approximate surface area is 160 Å². The van der Waals surface area contributed by atoms with Crippen molar-refractivity contribution < 1.29 is 19.0 Å². The Morgan fingerprint density at radius 2 is 2.12 bits per heavy atom. The van der Waals surface area contributed by atoms with Crippen molar-refractivity contribution in [2.75, 3.05) is 13.4 Å². The van der Waals surface area contributed by atoms with Gasteiger partial charge in [-0.05, 0) is 70.7 Å². The van der Waals surface area contributed by atoms with Crippen LogP contribution in [0, 0.1) is 6.92 Å². The van der Waals surface area contributed by atoms with Crippen LogP contribution in [0.15, 0.2) is 46.0 Å². The van der Waals surface area contributed by atoms with Crippen LogP contribution in [0.2, 0.25) is 0 Å². The van der Waals surface area contributed by atoms with Crippen molar-refractivity contribution in [2.24, 2.45) is 5.10 Å². The zero-order valence-corrected chi connectivity index (χ0v) is 15.9. The molecule has 0 unspecified atom stereocenters. The fourth-order valence-electron chi connectivity index (χ4n) is 2.37. The summed E-state index contributed by atoms with van der Waals surface area (Å²) in [6.07, 6.45) is 2.51. The number of fused-ring (bicyclic) bond motifs is 1. The van der Waals surface area contributed by atoms with E-state index in [0.717, 1.165) is 21.3 Å². The molecule has 2 aromatic carbocycles. The lowest BCUT2D eigenvalue weighted by Crippen LogP contribution is -2.18. The number of nitrogens with zero attached hydrogens (tertiary/aromatic N) is 1. The molecular weight excluding hydrogens is 400 g/mol. The fourth-order valence-corrected chi connectivity index (χ4v) is 2.97. The predicted octanol–water partition coefficient (Wildman–Crippen LogP) is 3.80. The highest BCUT2D eigenvalue weighted by molar-refractivity contribution is 9.10. The molecule has 1 N–H and O–H groups in total. The van der Waals surface area contributed by atoms with Crippen LogP contribution >= 0.6 is 15.9 Å². The number of hydrazone groups is 1. The number of carbonyl (C=O) groups is 1. The summed E-state index contributed by atoms with van der Waals surface area (Å²) in [5.74, 6) is 2.01. The molecule has 1 aliphatic rings. The number of nitrogens with one attached hydrogen (secondary N) is 1. The van der Waals surface area contributed by atoms with E-state index in [0.29, 0.717) is 30.9 Å². The summed E-state index contributed by atoms with van der Waals surface area (Å²) in [4.78, 5) is 11.8. The molecule has 7 heteroatoms. The lowest BCUT2D eigenvalue weighted by Gasteiger charge is -2.08. The molecule has 0 radical (unpaired) electrons. The SMILES string of the molecule is Cc1ccc(OCCCC(=O)N/N=C/c2ccc3c(c2)OCO3)c(Br)c1. The minimum absolute atomic E-state index is 0.159. The van der Waals surface area contributed by atoms with Gasteiger partial charge < -0.3 is 14.2 Å². The summed E-state index contributed by atoms with van der Waals surface area (Å²) in [6, 6.07) is 11.4. The molecule has 26 heavy (non-hydrogen) atoms. The molecule has 0 bridgehead atoms. The normalized spacial score (nSPS) is 12.4. The molecule has 1 amide bonds. The number of halogens is 1. The summed E-state index contributed by atoms with van der Waals surface area (Å²) < 4.78 is 17.1. The number of hydrogen-bond donors (Lipinski definition) is 1. The molecule has 0 fully saturated rings. The average molecular weight is 419 g/mol. The third-order valence-corrected chi connectivity index (χ3v) is 4.31. The van der Waals surface area contributed by atoms with Crippen LogP contribution in [0.4, 0.5) is 0 Å². The lowest BCUT2D eigenvalue weighted by molar-refractivity contribution is -0.121. The van der Waals surface area contributed by atoms with Gasteiger partial charge >= 0.3 is 0 Å². The van der Waals surface area contributed by atoms with Crippen LogP contribution in [0.25, 0.3) is 0 Å².